The Bertz CT molecular complexity index is 471. The highest BCUT2D eigenvalue weighted by atomic mass is 35.5. The number of nitrogens with two attached hydrogens (primary N) is 1. The van der Waals surface area contributed by atoms with Gasteiger partial charge in [0, 0.05) is 17.1 Å². The molecular formula is C13H12ClNO. The van der Waals surface area contributed by atoms with E-state index in [9.17, 15) is 0 Å². The van der Waals surface area contributed by atoms with Crippen LogP contribution in [-0.2, 0) is 6.54 Å². The van der Waals surface area contributed by atoms with E-state index in [1.807, 2.05) is 42.5 Å². The maximum Gasteiger partial charge on any atom is 0.133 e. The van der Waals surface area contributed by atoms with Crippen molar-refractivity contribution in [1.82, 2.24) is 0 Å². The summed E-state index contributed by atoms with van der Waals surface area (Å²) in [5.41, 5.74) is 6.57. The summed E-state index contributed by atoms with van der Waals surface area (Å²) in [7, 11) is 0. The highest BCUT2D eigenvalue weighted by molar-refractivity contribution is 6.30. The van der Waals surface area contributed by atoms with Gasteiger partial charge in [0.15, 0.2) is 0 Å². The molecule has 0 saturated heterocycles. The summed E-state index contributed by atoms with van der Waals surface area (Å²) in [5, 5.41) is 0.642. The zero-order valence-corrected chi connectivity index (χ0v) is 9.45. The Hall–Kier alpha value is -1.51. The van der Waals surface area contributed by atoms with Gasteiger partial charge in [0.25, 0.3) is 0 Å². The molecule has 0 saturated carbocycles. The molecule has 0 atom stereocenters. The van der Waals surface area contributed by atoms with Gasteiger partial charge in [-0.15, -0.1) is 0 Å². The molecule has 0 heterocycles. The van der Waals surface area contributed by atoms with Gasteiger partial charge in [0.1, 0.15) is 11.5 Å². The van der Waals surface area contributed by atoms with E-state index in [0.29, 0.717) is 17.3 Å². The van der Waals surface area contributed by atoms with Crippen molar-refractivity contribution in [1.29, 1.82) is 0 Å². The SMILES string of the molecule is NCc1ccc(Cl)cc1Oc1ccccc1. The Morgan fingerprint density at radius 1 is 1.06 bits per heavy atom. The third kappa shape index (κ3) is 2.54. The lowest BCUT2D eigenvalue weighted by molar-refractivity contribution is 0.476. The summed E-state index contributed by atoms with van der Waals surface area (Å²) in [4.78, 5) is 0. The topological polar surface area (TPSA) is 35.2 Å². The second kappa shape index (κ2) is 5.01. The van der Waals surface area contributed by atoms with Crippen LogP contribution in [0.1, 0.15) is 5.56 Å². The smallest absolute Gasteiger partial charge is 0.133 e. The van der Waals surface area contributed by atoms with Crippen molar-refractivity contribution in [3.8, 4) is 11.5 Å². The normalized spacial score (nSPS) is 10.1. The molecule has 82 valence electrons. The molecule has 0 fully saturated rings. The van der Waals surface area contributed by atoms with Gasteiger partial charge in [-0.2, -0.15) is 0 Å². The molecule has 0 radical (unpaired) electrons. The minimum absolute atomic E-state index is 0.430. The minimum Gasteiger partial charge on any atom is -0.457 e. The number of hydrogen-bond donors (Lipinski definition) is 1. The van der Waals surface area contributed by atoms with Gasteiger partial charge in [0.2, 0.25) is 0 Å². The molecule has 16 heavy (non-hydrogen) atoms. The van der Waals surface area contributed by atoms with Gasteiger partial charge in [-0.05, 0) is 24.3 Å². The highest BCUT2D eigenvalue weighted by Crippen LogP contribution is 2.27. The first kappa shape index (κ1) is 11.0. The van der Waals surface area contributed by atoms with E-state index in [-0.39, 0.29) is 0 Å². The number of para-hydroxylation sites is 1. The van der Waals surface area contributed by atoms with Crippen molar-refractivity contribution in [2.75, 3.05) is 0 Å². The number of rotatable bonds is 3. The van der Waals surface area contributed by atoms with Crippen LogP contribution in [0.15, 0.2) is 48.5 Å². The van der Waals surface area contributed by atoms with Crippen LogP contribution < -0.4 is 10.5 Å². The minimum atomic E-state index is 0.430. The second-order valence-corrected chi connectivity index (χ2v) is 3.81. The van der Waals surface area contributed by atoms with E-state index in [0.717, 1.165) is 11.3 Å². The first-order valence-corrected chi connectivity index (χ1v) is 5.39. The van der Waals surface area contributed by atoms with E-state index >= 15 is 0 Å². The van der Waals surface area contributed by atoms with Crippen molar-refractivity contribution in [2.45, 2.75) is 6.54 Å². The van der Waals surface area contributed by atoms with E-state index in [1.165, 1.54) is 0 Å². The van der Waals surface area contributed by atoms with Crippen LogP contribution in [0.4, 0.5) is 0 Å². The molecule has 0 amide bonds. The number of halogens is 1. The zero-order valence-electron chi connectivity index (χ0n) is 8.69. The number of hydrogen-bond acceptors (Lipinski definition) is 2. The number of ether oxygens (including phenoxy) is 1. The van der Waals surface area contributed by atoms with Crippen LogP contribution in [0.3, 0.4) is 0 Å². The van der Waals surface area contributed by atoms with Gasteiger partial charge in [-0.25, -0.2) is 0 Å². The summed E-state index contributed by atoms with van der Waals surface area (Å²) in [6.07, 6.45) is 0. The van der Waals surface area contributed by atoms with Gasteiger partial charge in [-0.3, -0.25) is 0 Å². The summed E-state index contributed by atoms with van der Waals surface area (Å²) in [6, 6.07) is 15.0. The molecule has 0 aliphatic rings. The molecule has 2 aromatic rings. The van der Waals surface area contributed by atoms with Crippen LogP contribution in [-0.4, -0.2) is 0 Å². The molecule has 0 bridgehead atoms. The van der Waals surface area contributed by atoms with E-state index in [1.54, 1.807) is 6.07 Å². The average molecular weight is 234 g/mol. The molecule has 0 spiro atoms. The van der Waals surface area contributed by atoms with Gasteiger partial charge in [-0.1, -0.05) is 35.9 Å². The monoisotopic (exact) mass is 233 g/mol. The summed E-state index contributed by atoms with van der Waals surface area (Å²) in [6.45, 7) is 0.430. The average Bonchev–Trinajstić information content (AvgIpc) is 2.31. The Labute approximate surface area is 99.6 Å². The molecule has 0 unspecified atom stereocenters. The van der Waals surface area contributed by atoms with Crippen molar-refractivity contribution in [2.24, 2.45) is 5.73 Å². The lowest BCUT2D eigenvalue weighted by Crippen LogP contribution is -1.99. The molecule has 3 heteroatoms. The van der Waals surface area contributed by atoms with Crippen molar-refractivity contribution in [3.05, 3.63) is 59.1 Å². The quantitative estimate of drug-likeness (QED) is 0.879. The largest absolute Gasteiger partial charge is 0.457 e. The number of benzene rings is 2. The fourth-order valence-corrected chi connectivity index (χ4v) is 1.57. The molecule has 2 aromatic carbocycles. The van der Waals surface area contributed by atoms with Crippen LogP contribution >= 0.6 is 11.6 Å². The molecule has 0 aliphatic heterocycles. The summed E-state index contributed by atoms with van der Waals surface area (Å²) >= 11 is 5.92. The van der Waals surface area contributed by atoms with Crippen LogP contribution in [0.5, 0.6) is 11.5 Å². The Kier molecular flexibility index (Phi) is 3.44. The molecule has 0 aromatic heterocycles. The van der Waals surface area contributed by atoms with Gasteiger partial charge in [0.05, 0.1) is 0 Å². The molecule has 2 rings (SSSR count). The van der Waals surface area contributed by atoms with E-state index in [4.69, 9.17) is 22.1 Å². The van der Waals surface area contributed by atoms with Crippen LogP contribution in [0.2, 0.25) is 5.02 Å². The van der Waals surface area contributed by atoms with Crippen molar-refractivity contribution in [3.63, 3.8) is 0 Å². The van der Waals surface area contributed by atoms with Crippen molar-refractivity contribution < 1.29 is 4.74 Å². The van der Waals surface area contributed by atoms with Gasteiger partial charge >= 0.3 is 0 Å². The van der Waals surface area contributed by atoms with Crippen molar-refractivity contribution >= 4 is 11.6 Å². The summed E-state index contributed by atoms with van der Waals surface area (Å²) < 4.78 is 5.72. The van der Waals surface area contributed by atoms with Crippen LogP contribution in [0, 0.1) is 0 Å². The fourth-order valence-electron chi connectivity index (χ4n) is 1.41. The standard InChI is InChI=1S/C13H12ClNO/c14-11-7-6-10(9-15)13(8-11)16-12-4-2-1-3-5-12/h1-8H,9,15H2. The second-order valence-electron chi connectivity index (χ2n) is 3.37. The predicted molar refractivity (Wildman–Crippen MR) is 65.9 cm³/mol. The Morgan fingerprint density at radius 3 is 2.50 bits per heavy atom. The first-order chi connectivity index (χ1) is 7.79. The molecular weight excluding hydrogens is 222 g/mol. The maximum atomic E-state index is 5.92. The maximum absolute atomic E-state index is 5.92. The third-order valence-electron chi connectivity index (χ3n) is 2.22. The third-order valence-corrected chi connectivity index (χ3v) is 2.46. The molecule has 2 N–H and O–H groups in total. The fraction of sp³-hybridized carbons (Fsp3) is 0.0769. The van der Waals surface area contributed by atoms with E-state index in [2.05, 4.69) is 0 Å². The molecule has 2 nitrogen and oxygen atoms in total. The highest BCUT2D eigenvalue weighted by Gasteiger charge is 2.04. The predicted octanol–water partition coefficient (Wildman–Crippen LogP) is 3.59. The molecule has 0 aliphatic carbocycles. The Morgan fingerprint density at radius 2 is 1.81 bits per heavy atom. The summed E-state index contributed by atoms with van der Waals surface area (Å²) in [5.74, 6) is 1.49. The van der Waals surface area contributed by atoms with E-state index < -0.39 is 0 Å². The Balaban J connectivity index is 2.30. The first-order valence-electron chi connectivity index (χ1n) is 5.01. The lowest BCUT2D eigenvalue weighted by atomic mass is 10.2. The zero-order chi connectivity index (χ0) is 11.4. The lowest BCUT2D eigenvalue weighted by Gasteiger charge is -2.10. The van der Waals surface area contributed by atoms with Crippen LogP contribution in [0.25, 0.3) is 0 Å². The van der Waals surface area contributed by atoms with Gasteiger partial charge < -0.3 is 10.5 Å².